The Kier molecular flexibility index (Phi) is 2.86. The quantitative estimate of drug-likeness (QED) is 0.701. The molecule has 0 bridgehead atoms. The fourth-order valence-electron chi connectivity index (χ4n) is 1.71. The molecule has 0 unspecified atom stereocenters. The van der Waals surface area contributed by atoms with Gasteiger partial charge in [0.2, 0.25) is 5.13 Å². The van der Waals surface area contributed by atoms with Crippen molar-refractivity contribution in [2.45, 2.75) is 13.3 Å². The van der Waals surface area contributed by atoms with Crippen molar-refractivity contribution in [1.82, 2.24) is 10.2 Å². The van der Waals surface area contributed by atoms with E-state index in [4.69, 9.17) is 4.74 Å². The molecule has 82 valence electrons. The molecule has 2 rings (SSSR count). The molecule has 0 spiro atoms. The van der Waals surface area contributed by atoms with Crippen molar-refractivity contribution in [3.63, 3.8) is 0 Å². The first-order valence-corrected chi connectivity index (χ1v) is 5.65. The van der Waals surface area contributed by atoms with Crippen molar-refractivity contribution in [1.29, 1.82) is 0 Å². The Hall–Kier alpha value is -1.17. The molecular weight excluding hydrogens is 214 g/mol. The smallest absolute Gasteiger partial charge is 0.310 e. The molecule has 0 saturated carbocycles. The Morgan fingerprint density at radius 1 is 1.60 bits per heavy atom. The van der Waals surface area contributed by atoms with Crippen LogP contribution in [0.25, 0.3) is 0 Å². The van der Waals surface area contributed by atoms with E-state index >= 15 is 0 Å². The lowest BCUT2D eigenvalue weighted by Gasteiger charge is -2.12. The van der Waals surface area contributed by atoms with Gasteiger partial charge in [0, 0.05) is 13.1 Å². The average Bonchev–Trinajstić information content (AvgIpc) is 2.84. The van der Waals surface area contributed by atoms with Crippen molar-refractivity contribution in [3.8, 4) is 0 Å². The number of rotatable bonds is 2. The van der Waals surface area contributed by atoms with E-state index in [9.17, 15) is 4.79 Å². The van der Waals surface area contributed by atoms with Crippen molar-refractivity contribution in [3.05, 3.63) is 5.01 Å². The Balaban J connectivity index is 2.01. The Bertz CT molecular complexity index is 366. The second-order valence-corrected chi connectivity index (χ2v) is 4.72. The molecule has 5 nitrogen and oxygen atoms in total. The normalized spacial score (nSPS) is 20.7. The number of carbonyl (C=O) groups is 1. The molecule has 0 radical (unpaired) electrons. The lowest BCUT2D eigenvalue weighted by Crippen LogP contribution is -2.23. The predicted molar refractivity (Wildman–Crippen MR) is 57.0 cm³/mol. The number of aryl methyl sites for hydroxylation is 1. The van der Waals surface area contributed by atoms with Crippen LogP contribution in [0.4, 0.5) is 5.13 Å². The van der Waals surface area contributed by atoms with Crippen LogP contribution in [0.5, 0.6) is 0 Å². The van der Waals surface area contributed by atoms with Crippen LogP contribution >= 0.6 is 11.3 Å². The van der Waals surface area contributed by atoms with E-state index in [0.29, 0.717) is 6.54 Å². The number of esters is 1. The maximum atomic E-state index is 11.3. The first kappa shape index (κ1) is 10.4. The van der Waals surface area contributed by atoms with Crippen LogP contribution in [-0.4, -0.2) is 36.4 Å². The van der Waals surface area contributed by atoms with Crippen LogP contribution in [0, 0.1) is 12.8 Å². The second-order valence-electron chi connectivity index (χ2n) is 3.56. The third-order valence-corrected chi connectivity index (χ3v) is 3.41. The van der Waals surface area contributed by atoms with Crippen molar-refractivity contribution >= 4 is 22.4 Å². The van der Waals surface area contributed by atoms with E-state index in [0.717, 1.165) is 23.1 Å². The topological polar surface area (TPSA) is 55.3 Å². The zero-order chi connectivity index (χ0) is 10.8. The first-order valence-electron chi connectivity index (χ1n) is 4.83. The minimum Gasteiger partial charge on any atom is -0.469 e. The number of hydrogen-bond acceptors (Lipinski definition) is 6. The molecule has 6 heteroatoms. The van der Waals surface area contributed by atoms with Gasteiger partial charge in [-0.15, -0.1) is 10.2 Å². The molecule has 15 heavy (non-hydrogen) atoms. The van der Waals surface area contributed by atoms with Crippen molar-refractivity contribution < 1.29 is 9.53 Å². The van der Waals surface area contributed by atoms with Crippen LogP contribution in [-0.2, 0) is 9.53 Å². The van der Waals surface area contributed by atoms with Gasteiger partial charge in [0.25, 0.3) is 0 Å². The summed E-state index contributed by atoms with van der Waals surface area (Å²) >= 11 is 1.56. The Morgan fingerprint density at radius 2 is 2.40 bits per heavy atom. The lowest BCUT2D eigenvalue weighted by molar-refractivity contribution is -0.144. The summed E-state index contributed by atoms with van der Waals surface area (Å²) in [5, 5.41) is 9.87. The minimum absolute atomic E-state index is 0.0146. The van der Waals surface area contributed by atoms with Gasteiger partial charge in [0.05, 0.1) is 13.0 Å². The maximum Gasteiger partial charge on any atom is 0.310 e. The summed E-state index contributed by atoms with van der Waals surface area (Å²) in [6.45, 7) is 3.48. The summed E-state index contributed by atoms with van der Waals surface area (Å²) in [6, 6.07) is 0. The number of methoxy groups -OCH3 is 1. The van der Waals surface area contributed by atoms with Gasteiger partial charge in [0.1, 0.15) is 5.01 Å². The summed E-state index contributed by atoms with van der Waals surface area (Å²) in [7, 11) is 1.43. The summed E-state index contributed by atoms with van der Waals surface area (Å²) in [5.41, 5.74) is 0. The van der Waals surface area contributed by atoms with Gasteiger partial charge in [-0.3, -0.25) is 4.79 Å². The molecule has 1 aromatic rings. The van der Waals surface area contributed by atoms with E-state index in [1.54, 1.807) is 11.3 Å². The molecular formula is C9H13N3O2S. The monoisotopic (exact) mass is 227 g/mol. The lowest BCUT2D eigenvalue weighted by atomic mass is 10.1. The SMILES string of the molecule is COC(=O)[C@@H]1CCN(c2nnc(C)s2)C1. The molecule has 1 saturated heterocycles. The zero-order valence-electron chi connectivity index (χ0n) is 8.77. The Labute approximate surface area is 92.1 Å². The number of ether oxygens (including phenoxy) is 1. The highest BCUT2D eigenvalue weighted by Crippen LogP contribution is 2.26. The van der Waals surface area contributed by atoms with E-state index in [2.05, 4.69) is 15.1 Å². The van der Waals surface area contributed by atoms with Crippen molar-refractivity contribution in [2.24, 2.45) is 5.92 Å². The highest BCUT2D eigenvalue weighted by Gasteiger charge is 2.30. The van der Waals surface area contributed by atoms with Gasteiger partial charge in [-0.2, -0.15) is 0 Å². The fraction of sp³-hybridized carbons (Fsp3) is 0.667. The van der Waals surface area contributed by atoms with E-state index in [1.165, 1.54) is 7.11 Å². The number of nitrogens with zero attached hydrogens (tertiary/aromatic N) is 3. The van der Waals surface area contributed by atoms with Crippen molar-refractivity contribution in [2.75, 3.05) is 25.1 Å². The van der Waals surface area contributed by atoms with E-state index in [1.807, 2.05) is 6.92 Å². The summed E-state index contributed by atoms with van der Waals surface area (Å²) in [5.74, 6) is -0.141. The second kappa shape index (κ2) is 4.14. The molecule has 2 heterocycles. The highest BCUT2D eigenvalue weighted by atomic mass is 32.1. The molecule has 1 aromatic heterocycles. The van der Waals surface area contributed by atoms with Crippen LogP contribution in [0.15, 0.2) is 0 Å². The van der Waals surface area contributed by atoms with Crippen LogP contribution in [0.2, 0.25) is 0 Å². The summed E-state index contributed by atoms with van der Waals surface area (Å²) in [6.07, 6.45) is 0.839. The minimum atomic E-state index is -0.126. The number of aromatic nitrogens is 2. The number of carbonyl (C=O) groups excluding carboxylic acids is 1. The van der Waals surface area contributed by atoms with Gasteiger partial charge >= 0.3 is 5.97 Å². The van der Waals surface area contributed by atoms with Gasteiger partial charge in [-0.25, -0.2) is 0 Å². The first-order chi connectivity index (χ1) is 7.20. The summed E-state index contributed by atoms with van der Waals surface area (Å²) < 4.78 is 4.73. The van der Waals surface area contributed by atoms with Gasteiger partial charge in [0.15, 0.2) is 0 Å². The van der Waals surface area contributed by atoms with E-state index in [-0.39, 0.29) is 11.9 Å². The average molecular weight is 227 g/mol. The van der Waals surface area contributed by atoms with E-state index < -0.39 is 0 Å². The standard InChI is InChI=1S/C9H13N3O2S/c1-6-10-11-9(15-6)12-4-3-7(5-12)8(13)14-2/h7H,3-5H2,1-2H3/t7-/m1/s1. The highest BCUT2D eigenvalue weighted by molar-refractivity contribution is 7.15. The van der Waals surface area contributed by atoms with Gasteiger partial charge in [-0.1, -0.05) is 11.3 Å². The largest absolute Gasteiger partial charge is 0.469 e. The Morgan fingerprint density at radius 3 is 3.00 bits per heavy atom. The maximum absolute atomic E-state index is 11.3. The van der Waals surface area contributed by atoms with Crippen LogP contribution in [0.1, 0.15) is 11.4 Å². The van der Waals surface area contributed by atoms with Gasteiger partial charge < -0.3 is 9.64 Å². The predicted octanol–water partition coefficient (Wildman–Crippen LogP) is 0.846. The molecule has 1 atom stereocenters. The molecule has 0 amide bonds. The summed E-state index contributed by atoms with van der Waals surface area (Å²) in [4.78, 5) is 13.4. The molecule has 1 aliphatic rings. The third-order valence-electron chi connectivity index (χ3n) is 2.51. The fourth-order valence-corrected chi connectivity index (χ4v) is 2.43. The van der Waals surface area contributed by atoms with Crippen LogP contribution in [0.3, 0.4) is 0 Å². The van der Waals surface area contributed by atoms with Crippen LogP contribution < -0.4 is 4.90 Å². The number of hydrogen-bond donors (Lipinski definition) is 0. The van der Waals surface area contributed by atoms with Gasteiger partial charge in [-0.05, 0) is 13.3 Å². The molecule has 0 aromatic carbocycles. The molecule has 1 aliphatic heterocycles. The molecule has 0 aliphatic carbocycles. The third kappa shape index (κ3) is 2.09. The zero-order valence-corrected chi connectivity index (χ0v) is 9.58. The molecule has 0 N–H and O–H groups in total. The molecule has 1 fully saturated rings. The number of anilines is 1.